The molecule has 1 heterocycles. The van der Waals surface area contributed by atoms with E-state index in [0.717, 1.165) is 26.3 Å². The lowest BCUT2D eigenvalue weighted by Crippen LogP contribution is -2.36. The minimum absolute atomic E-state index is 0.137. The van der Waals surface area contributed by atoms with Crippen molar-refractivity contribution in [2.45, 2.75) is 0 Å². The van der Waals surface area contributed by atoms with Gasteiger partial charge in [0.2, 0.25) is 0 Å². The lowest BCUT2D eigenvalue weighted by atomic mass is 10.2. The summed E-state index contributed by atoms with van der Waals surface area (Å²) in [7, 11) is 0. The maximum Gasteiger partial charge on any atom is 0.339 e. The summed E-state index contributed by atoms with van der Waals surface area (Å²) in [5.74, 6) is 5.53. The average molecular weight is 259 g/mol. The molecule has 0 saturated carbocycles. The predicted molar refractivity (Wildman–Crippen MR) is 71.8 cm³/mol. The van der Waals surface area contributed by atoms with E-state index in [9.17, 15) is 4.79 Å². The van der Waals surface area contributed by atoms with Gasteiger partial charge < -0.3 is 9.47 Å². The maximum atomic E-state index is 11.6. The molecule has 1 aliphatic heterocycles. The van der Waals surface area contributed by atoms with Crippen LogP contribution in [0, 0.1) is 11.8 Å². The molecule has 100 valence electrons. The van der Waals surface area contributed by atoms with Gasteiger partial charge in [0.1, 0.15) is 0 Å². The second kappa shape index (κ2) is 7.57. The van der Waals surface area contributed by atoms with E-state index in [-0.39, 0.29) is 12.6 Å². The van der Waals surface area contributed by atoms with Crippen molar-refractivity contribution < 1.29 is 14.3 Å². The quantitative estimate of drug-likeness (QED) is 0.603. The first-order valence-electron chi connectivity index (χ1n) is 6.34. The summed E-state index contributed by atoms with van der Waals surface area (Å²) in [6, 6.07) is 8.92. The summed E-state index contributed by atoms with van der Waals surface area (Å²) in [6.07, 6.45) is 0. The van der Waals surface area contributed by atoms with E-state index in [2.05, 4.69) is 16.7 Å². The number of nitrogens with zero attached hydrogens (tertiary/aromatic N) is 1. The predicted octanol–water partition coefficient (Wildman–Crippen LogP) is 1.18. The molecule has 4 heteroatoms. The summed E-state index contributed by atoms with van der Waals surface area (Å²) in [4.78, 5) is 13.8. The van der Waals surface area contributed by atoms with Gasteiger partial charge in [0.05, 0.1) is 25.3 Å². The van der Waals surface area contributed by atoms with Crippen molar-refractivity contribution in [3.05, 3.63) is 35.9 Å². The second-order valence-corrected chi connectivity index (χ2v) is 4.18. The highest BCUT2D eigenvalue weighted by Crippen LogP contribution is 2.00. The van der Waals surface area contributed by atoms with Crippen molar-refractivity contribution in [2.24, 2.45) is 0 Å². The molecule has 0 unspecified atom stereocenters. The van der Waals surface area contributed by atoms with Gasteiger partial charge in [-0.25, -0.2) is 4.79 Å². The van der Waals surface area contributed by atoms with Crippen LogP contribution in [0.1, 0.15) is 10.4 Å². The summed E-state index contributed by atoms with van der Waals surface area (Å²) >= 11 is 0. The number of esters is 1. The van der Waals surface area contributed by atoms with E-state index < -0.39 is 0 Å². The molecule has 1 aromatic rings. The van der Waals surface area contributed by atoms with Crippen LogP contribution in [0.5, 0.6) is 0 Å². The van der Waals surface area contributed by atoms with Crippen molar-refractivity contribution >= 4 is 5.97 Å². The smallest absolute Gasteiger partial charge is 0.339 e. The first kappa shape index (κ1) is 13.6. The number of benzene rings is 1. The number of morpholine rings is 1. The third-order valence-corrected chi connectivity index (χ3v) is 2.82. The van der Waals surface area contributed by atoms with E-state index >= 15 is 0 Å². The molecule has 0 radical (unpaired) electrons. The van der Waals surface area contributed by atoms with Gasteiger partial charge in [0.15, 0.2) is 6.61 Å². The molecule has 1 aromatic carbocycles. The molecule has 2 rings (SSSR count). The first-order chi connectivity index (χ1) is 9.36. The molecule has 0 amide bonds. The lowest BCUT2D eigenvalue weighted by Gasteiger charge is -2.24. The number of ether oxygens (including phenoxy) is 2. The molecular formula is C15H17NO3. The fourth-order valence-electron chi connectivity index (χ4n) is 1.74. The molecule has 0 aromatic heterocycles. The van der Waals surface area contributed by atoms with Gasteiger partial charge in [0.25, 0.3) is 0 Å². The van der Waals surface area contributed by atoms with Crippen molar-refractivity contribution in [3.8, 4) is 11.8 Å². The Morgan fingerprint density at radius 1 is 1.21 bits per heavy atom. The molecule has 4 nitrogen and oxygen atoms in total. The van der Waals surface area contributed by atoms with E-state index in [4.69, 9.17) is 9.47 Å². The van der Waals surface area contributed by atoms with Crippen LogP contribution in [-0.4, -0.2) is 50.3 Å². The van der Waals surface area contributed by atoms with Crippen molar-refractivity contribution in [2.75, 3.05) is 39.5 Å². The van der Waals surface area contributed by atoms with Gasteiger partial charge in [-0.15, -0.1) is 0 Å². The SMILES string of the molecule is O=C(OCC#CCN1CCOCC1)c1ccccc1. The van der Waals surface area contributed by atoms with Gasteiger partial charge in [-0.3, -0.25) is 4.90 Å². The van der Waals surface area contributed by atoms with Crippen LogP contribution in [-0.2, 0) is 9.47 Å². The molecule has 0 N–H and O–H groups in total. The van der Waals surface area contributed by atoms with Crippen molar-refractivity contribution in [1.29, 1.82) is 0 Å². The van der Waals surface area contributed by atoms with E-state index in [1.165, 1.54) is 0 Å². The Bertz CT molecular complexity index is 455. The summed E-state index contributed by atoms with van der Waals surface area (Å²) in [6.45, 7) is 4.20. The van der Waals surface area contributed by atoms with Crippen LogP contribution >= 0.6 is 0 Å². The van der Waals surface area contributed by atoms with Crippen LogP contribution in [0.15, 0.2) is 30.3 Å². The molecule has 1 aliphatic rings. The van der Waals surface area contributed by atoms with Gasteiger partial charge in [0, 0.05) is 13.1 Å². The van der Waals surface area contributed by atoms with Crippen molar-refractivity contribution in [1.82, 2.24) is 4.90 Å². The zero-order valence-electron chi connectivity index (χ0n) is 10.8. The minimum Gasteiger partial charge on any atom is -0.449 e. The zero-order chi connectivity index (χ0) is 13.3. The second-order valence-electron chi connectivity index (χ2n) is 4.18. The molecule has 0 bridgehead atoms. The topological polar surface area (TPSA) is 38.8 Å². The zero-order valence-corrected chi connectivity index (χ0v) is 10.8. The third kappa shape index (κ3) is 4.74. The largest absolute Gasteiger partial charge is 0.449 e. The van der Waals surface area contributed by atoms with Gasteiger partial charge in [-0.2, -0.15) is 0 Å². The number of hydrogen-bond acceptors (Lipinski definition) is 4. The Balaban J connectivity index is 1.67. The molecule has 0 aliphatic carbocycles. The number of rotatable bonds is 3. The molecule has 0 spiro atoms. The summed E-state index contributed by atoms with van der Waals surface area (Å²) < 4.78 is 10.3. The average Bonchev–Trinajstić information content (AvgIpc) is 2.49. The Morgan fingerprint density at radius 3 is 2.68 bits per heavy atom. The normalized spacial score (nSPS) is 15.4. The van der Waals surface area contributed by atoms with Crippen LogP contribution < -0.4 is 0 Å². The van der Waals surface area contributed by atoms with Gasteiger partial charge in [-0.05, 0) is 12.1 Å². The molecule has 0 atom stereocenters. The van der Waals surface area contributed by atoms with Crippen molar-refractivity contribution in [3.63, 3.8) is 0 Å². The standard InChI is InChI=1S/C15H17NO3/c17-15(14-6-2-1-3-7-14)19-11-5-4-8-16-9-12-18-13-10-16/h1-3,6-7H,8-13H2. The number of carbonyl (C=O) groups excluding carboxylic acids is 1. The van der Waals surface area contributed by atoms with Crippen LogP contribution in [0.3, 0.4) is 0 Å². The van der Waals surface area contributed by atoms with E-state index in [1.807, 2.05) is 6.07 Å². The molecular weight excluding hydrogens is 242 g/mol. The monoisotopic (exact) mass is 259 g/mol. The molecule has 1 fully saturated rings. The lowest BCUT2D eigenvalue weighted by molar-refractivity contribution is 0.0443. The highest BCUT2D eigenvalue weighted by atomic mass is 16.5. The third-order valence-electron chi connectivity index (χ3n) is 2.82. The summed E-state index contributed by atoms with van der Waals surface area (Å²) in [5, 5.41) is 0. The van der Waals surface area contributed by atoms with Gasteiger partial charge >= 0.3 is 5.97 Å². The highest BCUT2D eigenvalue weighted by molar-refractivity contribution is 5.89. The highest BCUT2D eigenvalue weighted by Gasteiger charge is 2.07. The van der Waals surface area contributed by atoms with E-state index in [1.54, 1.807) is 24.3 Å². The minimum atomic E-state index is -0.332. The van der Waals surface area contributed by atoms with Gasteiger partial charge in [-0.1, -0.05) is 30.0 Å². The molecule has 1 saturated heterocycles. The van der Waals surface area contributed by atoms with E-state index in [0.29, 0.717) is 12.1 Å². The Hall–Kier alpha value is -1.83. The number of hydrogen-bond donors (Lipinski definition) is 0. The molecule has 19 heavy (non-hydrogen) atoms. The van der Waals surface area contributed by atoms with Crippen LogP contribution in [0.25, 0.3) is 0 Å². The fraction of sp³-hybridized carbons (Fsp3) is 0.400. The summed E-state index contributed by atoms with van der Waals surface area (Å²) in [5.41, 5.74) is 0.553. The Labute approximate surface area is 113 Å². The Morgan fingerprint density at radius 2 is 1.95 bits per heavy atom. The van der Waals surface area contributed by atoms with Crippen LogP contribution in [0.2, 0.25) is 0 Å². The Kier molecular flexibility index (Phi) is 5.42. The number of carbonyl (C=O) groups is 1. The first-order valence-corrected chi connectivity index (χ1v) is 6.34. The van der Waals surface area contributed by atoms with Crippen LogP contribution in [0.4, 0.5) is 0 Å². The fourth-order valence-corrected chi connectivity index (χ4v) is 1.74. The maximum absolute atomic E-state index is 11.6.